The van der Waals surface area contributed by atoms with Crippen molar-refractivity contribution in [2.24, 2.45) is 0 Å². The molecule has 0 radical (unpaired) electrons. The fourth-order valence-corrected chi connectivity index (χ4v) is 3.70. The lowest BCUT2D eigenvalue weighted by Gasteiger charge is -2.10. The summed E-state index contributed by atoms with van der Waals surface area (Å²) in [4.78, 5) is 16.3. The van der Waals surface area contributed by atoms with Crippen molar-refractivity contribution in [2.45, 2.75) is 18.7 Å². The van der Waals surface area contributed by atoms with Gasteiger partial charge in [0.05, 0.1) is 11.9 Å². The maximum atomic E-state index is 12.5. The minimum Gasteiger partial charge on any atom is -0.379 e. The van der Waals surface area contributed by atoms with Crippen LogP contribution in [0.1, 0.15) is 21.5 Å². The predicted octanol–water partition coefficient (Wildman–Crippen LogP) is 3.72. The molecular weight excluding hydrogens is 364 g/mol. The number of nitrogens with zero attached hydrogens (tertiary/aromatic N) is 1. The third-order valence-electron chi connectivity index (χ3n) is 3.85. The Kier molecular flexibility index (Phi) is 5.23. The lowest BCUT2D eigenvalue weighted by molar-refractivity contribution is 0.102. The molecule has 0 unspecified atom stereocenters. The molecule has 1 amide bonds. The van der Waals surface area contributed by atoms with Gasteiger partial charge in [-0.05, 0) is 67.4 Å². The van der Waals surface area contributed by atoms with Crippen LogP contribution in [-0.2, 0) is 10.1 Å². The first-order valence-corrected chi connectivity index (χ1v) is 9.59. The molecule has 6 nitrogen and oxygen atoms in total. The number of benzene rings is 2. The van der Waals surface area contributed by atoms with Crippen LogP contribution < -0.4 is 9.50 Å². The molecule has 0 aliphatic carbocycles. The number of carbonyl (C=O) groups excluding carboxylic acids is 1. The van der Waals surface area contributed by atoms with Gasteiger partial charge in [0.1, 0.15) is 10.6 Å². The maximum absolute atomic E-state index is 12.5. The van der Waals surface area contributed by atoms with Gasteiger partial charge in [0.15, 0.2) is 0 Å². The molecule has 1 N–H and O–H groups in total. The molecule has 7 heteroatoms. The van der Waals surface area contributed by atoms with Crippen molar-refractivity contribution in [1.29, 1.82) is 0 Å². The molecule has 0 fully saturated rings. The Balaban J connectivity index is 1.75. The molecule has 2 aromatic carbocycles. The average Bonchev–Trinajstić information content (AvgIpc) is 2.64. The summed E-state index contributed by atoms with van der Waals surface area (Å²) < 4.78 is 30.3. The van der Waals surface area contributed by atoms with Crippen LogP contribution in [-0.4, -0.2) is 19.3 Å². The molecule has 0 saturated heterocycles. The Morgan fingerprint density at radius 1 is 1.04 bits per heavy atom. The second-order valence-electron chi connectivity index (χ2n) is 6.03. The third kappa shape index (κ3) is 4.51. The summed E-state index contributed by atoms with van der Waals surface area (Å²) in [5.41, 5.74) is 2.37. The number of pyridine rings is 1. The van der Waals surface area contributed by atoms with E-state index in [9.17, 15) is 13.2 Å². The van der Waals surface area contributed by atoms with Crippen molar-refractivity contribution in [3.8, 4) is 5.75 Å². The normalized spacial score (nSPS) is 11.0. The molecule has 0 saturated carbocycles. The van der Waals surface area contributed by atoms with E-state index in [1.807, 2.05) is 13.0 Å². The highest BCUT2D eigenvalue weighted by molar-refractivity contribution is 7.87. The zero-order chi connectivity index (χ0) is 19.4. The molecule has 1 aromatic heterocycles. The zero-order valence-electron chi connectivity index (χ0n) is 14.8. The summed E-state index contributed by atoms with van der Waals surface area (Å²) in [5, 5.41) is 2.70. The summed E-state index contributed by atoms with van der Waals surface area (Å²) in [6, 6.07) is 14.5. The summed E-state index contributed by atoms with van der Waals surface area (Å²) >= 11 is 0. The molecule has 0 aliphatic heterocycles. The Morgan fingerprint density at radius 3 is 2.44 bits per heavy atom. The first-order chi connectivity index (χ1) is 12.8. The number of rotatable bonds is 5. The number of anilines is 1. The number of aromatic nitrogens is 1. The van der Waals surface area contributed by atoms with Crippen LogP contribution in [0, 0.1) is 13.8 Å². The fourth-order valence-electron chi connectivity index (χ4n) is 2.45. The van der Waals surface area contributed by atoms with Crippen molar-refractivity contribution >= 4 is 21.7 Å². The number of hydrogen-bond acceptors (Lipinski definition) is 5. The van der Waals surface area contributed by atoms with Crippen LogP contribution in [0.3, 0.4) is 0 Å². The SMILES string of the molecule is Cc1ccc(C)c(S(=O)(=O)Oc2ccc(C(=O)Nc3cccnc3)cc2)c1. The van der Waals surface area contributed by atoms with Gasteiger partial charge >= 0.3 is 10.1 Å². The van der Waals surface area contributed by atoms with E-state index in [2.05, 4.69) is 10.3 Å². The highest BCUT2D eigenvalue weighted by atomic mass is 32.2. The number of hydrogen-bond donors (Lipinski definition) is 1. The van der Waals surface area contributed by atoms with Crippen LogP contribution in [0.5, 0.6) is 5.75 Å². The molecule has 0 aliphatic rings. The lowest BCUT2D eigenvalue weighted by atomic mass is 10.2. The highest BCUT2D eigenvalue weighted by Crippen LogP contribution is 2.23. The molecule has 0 atom stereocenters. The highest BCUT2D eigenvalue weighted by Gasteiger charge is 2.19. The van der Waals surface area contributed by atoms with Crippen LogP contribution in [0.4, 0.5) is 5.69 Å². The summed E-state index contributed by atoms with van der Waals surface area (Å²) in [6.45, 7) is 3.52. The van der Waals surface area contributed by atoms with Crippen LogP contribution >= 0.6 is 0 Å². The molecule has 27 heavy (non-hydrogen) atoms. The number of amides is 1. The van der Waals surface area contributed by atoms with Gasteiger partial charge in [-0.15, -0.1) is 0 Å². The van der Waals surface area contributed by atoms with E-state index >= 15 is 0 Å². The molecule has 138 valence electrons. The molecule has 0 bridgehead atoms. The second-order valence-corrected chi connectivity index (χ2v) is 7.54. The second kappa shape index (κ2) is 7.59. The Bertz CT molecular complexity index is 1060. The lowest BCUT2D eigenvalue weighted by Crippen LogP contribution is -2.13. The van der Waals surface area contributed by atoms with Gasteiger partial charge in [0, 0.05) is 11.8 Å². The maximum Gasteiger partial charge on any atom is 0.339 e. The van der Waals surface area contributed by atoms with Crippen molar-refractivity contribution in [2.75, 3.05) is 5.32 Å². The Morgan fingerprint density at radius 2 is 1.78 bits per heavy atom. The summed E-state index contributed by atoms with van der Waals surface area (Å²) in [7, 11) is -3.96. The number of carbonyl (C=O) groups is 1. The van der Waals surface area contributed by atoms with E-state index in [-0.39, 0.29) is 16.6 Å². The number of aryl methyl sites for hydroxylation is 2. The summed E-state index contributed by atoms with van der Waals surface area (Å²) in [5.74, 6) is -0.194. The minimum absolute atomic E-state index is 0.126. The monoisotopic (exact) mass is 382 g/mol. The molecular formula is C20H18N2O4S. The zero-order valence-corrected chi connectivity index (χ0v) is 15.7. The van der Waals surface area contributed by atoms with E-state index in [1.54, 1.807) is 37.4 Å². The van der Waals surface area contributed by atoms with Crippen molar-refractivity contribution < 1.29 is 17.4 Å². The number of nitrogens with one attached hydrogen (secondary N) is 1. The van der Waals surface area contributed by atoms with Crippen molar-refractivity contribution in [3.63, 3.8) is 0 Å². The largest absolute Gasteiger partial charge is 0.379 e. The standard InChI is InChI=1S/C20H18N2O4S/c1-14-5-6-15(2)19(12-14)27(24,25)26-18-9-7-16(8-10-18)20(23)22-17-4-3-11-21-13-17/h3-13H,1-2H3,(H,22,23). The van der Waals surface area contributed by atoms with E-state index in [1.165, 1.54) is 30.5 Å². The molecule has 3 rings (SSSR count). The molecule has 1 heterocycles. The topological polar surface area (TPSA) is 85.4 Å². The van der Waals surface area contributed by atoms with E-state index < -0.39 is 10.1 Å². The van der Waals surface area contributed by atoms with E-state index in [0.29, 0.717) is 16.8 Å². The average molecular weight is 382 g/mol. The molecule has 0 spiro atoms. The quantitative estimate of drug-likeness (QED) is 0.680. The first-order valence-electron chi connectivity index (χ1n) is 8.18. The smallest absolute Gasteiger partial charge is 0.339 e. The van der Waals surface area contributed by atoms with Crippen LogP contribution in [0.25, 0.3) is 0 Å². The van der Waals surface area contributed by atoms with Gasteiger partial charge in [-0.1, -0.05) is 12.1 Å². The van der Waals surface area contributed by atoms with Crippen molar-refractivity contribution in [1.82, 2.24) is 4.98 Å². The Labute approximate surface area is 158 Å². The van der Waals surface area contributed by atoms with Gasteiger partial charge in [-0.2, -0.15) is 8.42 Å². The molecule has 3 aromatic rings. The first kappa shape index (κ1) is 18.6. The van der Waals surface area contributed by atoms with E-state index in [4.69, 9.17) is 4.18 Å². The minimum atomic E-state index is -3.96. The van der Waals surface area contributed by atoms with Crippen LogP contribution in [0.15, 0.2) is 71.9 Å². The fraction of sp³-hybridized carbons (Fsp3) is 0.100. The third-order valence-corrected chi connectivity index (χ3v) is 5.25. The van der Waals surface area contributed by atoms with Gasteiger partial charge in [-0.25, -0.2) is 0 Å². The van der Waals surface area contributed by atoms with Crippen LogP contribution in [0.2, 0.25) is 0 Å². The Hall–Kier alpha value is -3.19. The van der Waals surface area contributed by atoms with Gasteiger partial charge in [-0.3, -0.25) is 9.78 Å². The van der Waals surface area contributed by atoms with E-state index in [0.717, 1.165) is 5.56 Å². The van der Waals surface area contributed by atoms with Gasteiger partial charge in [0.2, 0.25) is 0 Å². The predicted molar refractivity (Wildman–Crippen MR) is 102 cm³/mol. The van der Waals surface area contributed by atoms with Gasteiger partial charge in [0.25, 0.3) is 5.91 Å². The van der Waals surface area contributed by atoms with Gasteiger partial charge < -0.3 is 9.50 Å². The summed E-state index contributed by atoms with van der Waals surface area (Å²) in [6.07, 6.45) is 3.14. The van der Waals surface area contributed by atoms with Crippen molar-refractivity contribution in [3.05, 3.63) is 83.7 Å².